The summed E-state index contributed by atoms with van der Waals surface area (Å²) in [5.41, 5.74) is 19.8. The smallest absolute Gasteiger partial charge is 0.0619 e. The number of nitrogens with zero attached hydrogens (tertiary/aromatic N) is 2. The Morgan fingerprint density at radius 1 is 0.234 bits per heavy atom. The van der Waals surface area contributed by atoms with Gasteiger partial charge in [-0.3, -0.25) is 0 Å². The van der Waals surface area contributed by atoms with E-state index in [0.717, 1.165) is 5.69 Å². The van der Waals surface area contributed by atoms with Gasteiger partial charge in [-0.1, -0.05) is 170 Å². The Morgan fingerprint density at radius 3 is 1.56 bits per heavy atom. The number of aromatic nitrogens is 2. The van der Waals surface area contributed by atoms with Gasteiger partial charge in [0.2, 0.25) is 0 Å². The van der Waals surface area contributed by atoms with Gasteiger partial charge in [0, 0.05) is 38.3 Å². The zero-order chi connectivity index (χ0) is 41.9. The molecule has 0 radical (unpaired) electrons. The molecule has 2 heteroatoms. The van der Waals surface area contributed by atoms with E-state index in [4.69, 9.17) is 0 Å². The number of fused-ring (bicyclic) bond motifs is 11. The molecule has 14 rings (SSSR count). The molecule has 0 unspecified atom stereocenters. The SMILES string of the molecule is c1ccc(-n2c3ccc(-c4ccc5c(c4)c4ccccc4n5-c4ccc(-c5ccccc5-c5ccc6c(c5)-c5cccc7cccc-6c57)cc4)cc3c3ccc4ccccc4c32)cc1. The summed E-state index contributed by atoms with van der Waals surface area (Å²) < 4.78 is 4.86. The molecule has 0 fully saturated rings. The molecule has 296 valence electrons. The summed E-state index contributed by atoms with van der Waals surface area (Å²) in [6.07, 6.45) is 0. The molecule has 0 saturated carbocycles. The molecular weight excluding hydrogens is 773 g/mol. The minimum Gasteiger partial charge on any atom is -0.309 e. The number of hydrogen-bond acceptors (Lipinski definition) is 0. The Bertz CT molecular complexity index is 4050. The van der Waals surface area contributed by atoms with Gasteiger partial charge in [0.15, 0.2) is 0 Å². The van der Waals surface area contributed by atoms with Crippen LogP contribution in [-0.4, -0.2) is 9.13 Å². The van der Waals surface area contributed by atoms with Crippen LogP contribution in [0.15, 0.2) is 231 Å². The van der Waals surface area contributed by atoms with Gasteiger partial charge >= 0.3 is 0 Å². The molecule has 64 heavy (non-hydrogen) atoms. The molecule has 1 aliphatic rings. The second kappa shape index (κ2) is 13.5. The first-order chi connectivity index (χ1) is 31.7. The van der Waals surface area contributed by atoms with Crippen molar-refractivity contribution in [2.24, 2.45) is 0 Å². The van der Waals surface area contributed by atoms with Crippen molar-refractivity contribution in [1.82, 2.24) is 9.13 Å². The highest BCUT2D eigenvalue weighted by atomic mass is 15.0. The highest BCUT2D eigenvalue weighted by molar-refractivity contribution is 6.20. The van der Waals surface area contributed by atoms with Crippen molar-refractivity contribution in [2.75, 3.05) is 0 Å². The Hall–Kier alpha value is -8.46. The molecule has 0 aliphatic heterocycles. The van der Waals surface area contributed by atoms with E-state index < -0.39 is 0 Å². The summed E-state index contributed by atoms with van der Waals surface area (Å²) >= 11 is 0. The zero-order valence-electron chi connectivity index (χ0n) is 34.8. The van der Waals surface area contributed by atoms with Crippen LogP contribution < -0.4 is 0 Å². The van der Waals surface area contributed by atoms with Crippen LogP contribution in [0.5, 0.6) is 0 Å². The van der Waals surface area contributed by atoms with E-state index in [-0.39, 0.29) is 0 Å². The van der Waals surface area contributed by atoms with Gasteiger partial charge in [-0.15, -0.1) is 0 Å². The fourth-order valence-electron chi connectivity index (χ4n) is 11.0. The van der Waals surface area contributed by atoms with Crippen LogP contribution in [0.2, 0.25) is 0 Å². The molecule has 2 aromatic heterocycles. The van der Waals surface area contributed by atoms with E-state index in [2.05, 4.69) is 240 Å². The highest BCUT2D eigenvalue weighted by Crippen LogP contribution is 2.49. The molecule has 0 atom stereocenters. The van der Waals surface area contributed by atoms with Gasteiger partial charge in [0.1, 0.15) is 0 Å². The van der Waals surface area contributed by atoms with Crippen LogP contribution in [0.4, 0.5) is 0 Å². The Labute approximate surface area is 370 Å². The maximum Gasteiger partial charge on any atom is 0.0619 e. The van der Waals surface area contributed by atoms with Crippen molar-refractivity contribution in [1.29, 1.82) is 0 Å². The van der Waals surface area contributed by atoms with Gasteiger partial charge in [0.25, 0.3) is 0 Å². The van der Waals surface area contributed by atoms with Crippen molar-refractivity contribution in [3.63, 3.8) is 0 Å². The van der Waals surface area contributed by atoms with Crippen LogP contribution in [0.25, 0.3) is 132 Å². The minimum absolute atomic E-state index is 1.14. The molecule has 2 heterocycles. The second-order valence-electron chi connectivity index (χ2n) is 17.2. The summed E-state index contributed by atoms with van der Waals surface area (Å²) in [6, 6.07) is 85.2. The Morgan fingerprint density at radius 2 is 0.781 bits per heavy atom. The molecule has 11 aromatic carbocycles. The van der Waals surface area contributed by atoms with Crippen molar-refractivity contribution >= 4 is 65.2 Å². The standard InChI is InChI=1S/C62H38N2/c1-2-15-45(16-3-1)64-60-35-29-43(37-57(60)54-33-26-39-12-4-5-19-49(39)62(54)64)42-28-34-59-56(36-42)51-20-8-9-23-58(51)63(59)46-30-24-40(25-31-46)47-17-6-7-18-48(47)44-27-32-50-52-21-10-13-41-14-11-22-53(61(41)52)55(50)38-44/h1-38H. The molecule has 0 amide bonds. The number of benzene rings is 11. The molecule has 2 nitrogen and oxygen atoms in total. The normalized spacial score (nSPS) is 12.1. The zero-order valence-corrected chi connectivity index (χ0v) is 34.8. The first-order valence-electron chi connectivity index (χ1n) is 22.2. The minimum atomic E-state index is 1.14. The summed E-state index contributed by atoms with van der Waals surface area (Å²) in [6.45, 7) is 0. The average Bonchev–Trinajstić information content (AvgIpc) is 4.00. The number of hydrogen-bond donors (Lipinski definition) is 0. The van der Waals surface area contributed by atoms with E-state index in [0.29, 0.717) is 0 Å². The maximum atomic E-state index is 2.43. The van der Waals surface area contributed by atoms with Crippen LogP contribution in [0, 0.1) is 0 Å². The third kappa shape index (κ3) is 5.08. The van der Waals surface area contributed by atoms with Crippen molar-refractivity contribution in [2.45, 2.75) is 0 Å². The van der Waals surface area contributed by atoms with Crippen LogP contribution in [-0.2, 0) is 0 Å². The maximum absolute atomic E-state index is 2.43. The number of para-hydroxylation sites is 2. The predicted octanol–water partition coefficient (Wildman–Crippen LogP) is 16.8. The molecule has 0 spiro atoms. The Balaban J connectivity index is 0.859. The van der Waals surface area contributed by atoms with Crippen LogP contribution in [0.1, 0.15) is 0 Å². The van der Waals surface area contributed by atoms with E-state index in [1.807, 2.05) is 0 Å². The first kappa shape index (κ1) is 35.2. The van der Waals surface area contributed by atoms with Crippen LogP contribution in [0.3, 0.4) is 0 Å². The van der Waals surface area contributed by atoms with Crippen molar-refractivity contribution in [3.8, 4) is 67.0 Å². The van der Waals surface area contributed by atoms with E-state index in [1.165, 1.54) is 126 Å². The third-order valence-electron chi connectivity index (χ3n) is 13.9. The first-order valence-corrected chi connectivity index (χ1v) is 22.2. The van der Waals surface area contributed by atoms with Gasteiger partial charge in [0.05, 0.1) is 22.1 Å². The highest BCUT2D eigenvalue weighted by Gasteiger charge is 2.23. The quantitative estimate of drug-likeness (QED) is 0.164. The second-order valence-corrected chi connectivity index (χ2v) is 17.2. The third-order valence-corrected chi connectivity index (χ3v) is 13.9. The molecular formula is C62H38N2. The summed E-state index contributed by atoms with van der Waals surface area (Å²) in [4.78, 5) is 0. The fraction of sp³-hybridized carbons (Fsp3) is 0. The molecule has 0 saturated heterocycles. The molecule has 1 aliphatic carbocycles. The van der Waals surface area contributed by atoms with Gasteiger partial charge in [-0.2, -0.15) is 0 Å². The average molecular weight is 811 g/mol. The van der Waals surface area contributed by atoms with E-state index >= 15 is 0 Å². The van der Waals surface area contributed by atoms with Crippen LogP contribution >= 0.6 is 0 Å². The molecule has 13 aromatic rings. The lowest BCUT2D eigenvalue weighted by molar-refractivity contribution is 1.18. The van der Waals surface area contributed by atoms with Gasteiger partial charge in [-0.25, -0.2) is 0 Å². The summed E-state index contributed by atoms with van der Waals surface area (Å²) in [5.74, 6) is 0. The fourth-order valence-corrected chi connectivity index (χ4v) is 11.0. The lowest BCUT2D eigenvalue weighted by Crippen LogP contribution is -1.94. The summed E-state index contributed by atoms with van der Waals surface area (Å²) in [7, 11) is 0. The lowest BCUT2D eigenvalue weighted by atomic mass is 9.92. The summed E-state index contributed by atoms with van der Waals surface area (Å²) in [5, 5.41) is 10.2. The predicted molar refractivity (Wildman–Crippen MR) is 271 cm³/mol. The van der Waals surface area contributed by atoms with Crippen molar-refractivity contribution < 1.29 is 0 Å². The largest absolute Gasteiger partial charge is 0.309 e. The topological polar surface area (TPSA) is 9.86 Å². The van der Waals surface area contributed by atoms with Crippen molar-refractivity contribution in [3.05, 3.63) is 231 Å². The van der Waals surface area contributed by atoms with E-state index in [9.17, 15) is 0 Å². The lowest BCUT2D eigenvalue weighted by Gasteiger charge is -2.14. The van der Waals surface area contributed by atoms with E-state index in [1.54, 1.807) is 0 Å². The molecule has 0 N–H and O–H groups in total. The van der Waals surface area contributed by atoms with Gasteiger partial charge in [-0.05, 0) is 132 Å². The number of rotatable bonds is 5. The molecule has 0 bridgehead atoms. The van der Waals surface area contributed by atoms with Gasteiger partial charge < -0.3 is 9.13 Å². The monoisotopic (exact) mass is 810 g/mol. The Kier molecular flexibility index (Phi) is 7.43.